The van der Waals surface area contributed by atoms with Crippen molar-refractivity contribution in [1.82, 2.24) is 0 Å². The molecule has 0 spiro atoms. The molecule has 0 aliphatic heterocycles. The summed E-state index contributed by atoms with van der Waals surface area (Å²) >= 11 is 0. The lowest BCUT2D eigenvalue weighted by Crippen LogP contribution is -2.28. The Morgan fingerprint density at radius 2 is 1.72 bits per heavy atom. The van der Waals surface area contributed by atoms with Gasteiger partial charge in [-0.05, 0) is 53.3 Å². The molecule has 0 bridgehead atoms. The van der Waals surface area contributed by atoms with Crippen LogP contribution in [0.25, 0.3) is 16.8 Å². The smallest absolute Gasteiger partial charge is 0.387 e. The standard InChI is InChI=1S/C22H16F2O5/c23-22(24)29-20-12-7-14-3-1-2-4-17(14)18(20)10-11-19(25)15-5-8-16(9-6-15)28-13-21(26)27/h1-12,22H,13H2,(H,26,27)/p-1/b11-10+. The molecule has 0 radical (unpaired) electrons. The topological polar surface area (TPSA) is 75.7 Å². The first-order valence-corrected chi connectivity index (χ1v) is 8.56. The van der Waals surface area contributed by atoms with Gasteiger partial charge in [0.05, 0.1) is 5.97 Å². The van der Waals surface area contributed by atoms with Gasteiger partial charge in [-0.2, -0.15) is 8.78 Å². The lowest BCUT2D eigenvalue weighted by molar-refractivity contribution is -0.307. The Bertz CT molecular complexity index is 1060. The van der Waals surface area contributed by atoms with Crippen molar-refractivity contribution in [3.63, 3.8) is 0 Å². The maximum absolute atomic E-state index is 12.7. The number of rotatable bonds is 8. The zero-order valence-corrected chi connectivity index (χ0v) is 15.0. The number of fused-ring (bicyclic) bond motifs is 1. The van der Waals surface area contributed by atoms with Gasteiger partial charge < -0.3 is 19.4 Å². The summed E-state index contributed by atoms with van der Waals surface area (Å²) in [6, 6.07) is 16.1. The van der Waals surface area contributed by atoms with Crippen molar-refractivity contribution < 1.29 is 33.0 Å². The Kier molecular flexibility index (Phi) is 6.19. The third-order valence-electron chi connectivity index (χ3n) is 4.04. The van der Waals surface area contributed by atoms with Crippen molar-refractivity contribution in [2.45, 2.75) is 6.61 Å². The van der Waals surface area contributed by atoms with Crippen LogP contribution in [0.5, 0.6) is 11.5 Å². The molecule has 148 valence electrons. The number of carboxylic acid groups (broad SMARTS) is 1. The minimum atomic E-state index is -2.99. The molecule has 0 N–H and O–H groups in total. The molecule has 0 aliphatic rings. The number of hydrogen-bond acceptors (Lipinski definition) is 5. The van der Waals surface area contributed by atoms with Crippen molar-refractivity contribution in [2.24, 2.45) is 0 Å². The summed E-state index contributed by atoms with van der Waals surface area (Å²) in [6.45, 7) is -3.59. The Hall–Kier alpha value is -3.74. The zero-order valence-electron chi connectivity index (χ0n) is 15.0. The van der Waals surface area contributed by atoms with Crippen LogP contribution in [0.1, 0.15) is 15.9 Å². The van der Waals surface area contributed by atoms with E-state index in [1.807, 2.05) is 12.1 Å². The number of benzene rings is 3. The van der Waals surface area contributed by atoms with E-state index in [0.717, 1.165) is 5.39 Å². The number of allylic oxidation sites excluding steroid dienone is 1. The highest BCUT2D eigenvalue weighted by Crippen LogP contribution is 2.30. The summed E-state index contributed by atoms with van der Waals surface area (Å²) in [6.07, 6.45) is 2.69. The maximum atomic E-state index is 12.7. The van der Waals surface area contributed by atoms with Crippen molar-refractivity contribution >= 4 is 28.6 Å². The number of ketones is 1. The quantitative estimate of drug-likeness (QED) is 0.430. The second kappa shape index (κ2) is 8.97. The lowest BCUT2D eigenvalue weighted by atomic mass is 10.0. The summed E-state index contributed by atoms with van der Waals surface area (Å²) in [7, 11) is 0. The van der Waals surface area contributed by atoms with Gasteiger partial charge in [0.1, 0.15) is 18.1 Å². The molecule has 0 saturated carbocycles. The van der Waals surface area contributed by atoms with Gasteiger partial charge in [-0.1, -0.05) is 30.3 Å². The molecule has 3 rings (SSSR count). The number of ether oxygens (including phenoxy) is 2. The molecule has 0 saturated heterocycles. The Morgan fingerprint density at radius 1 is 1.00 bits per heavy atom. The van der Waals surface area contributed by atoms with Gasteiger partial charge in [-0.15, -0.1) is 0 Å². The number of alkyl halides is 2. The zero-order chi connectivity index (χ0) is 20.8. The molecule has 0 fully saturated rings. The van der Waals surface area contributed by atoms with E-state index in [9.17, 15) is 23.5 Å². The first kappa shape index (κ1) is 20.0. The highest BCUT2D eigenvalue weighted by atomic mass is 19.3. The third kappa shape index (κ3) is 5.16. The van der Waals surface area contributed by atoms with Gasteiger partial charge in [-0.3, -0.25) is 4.79 Å². The average molecular weight is 397 g/mol. The average Bonchev–Trinajstić information content (AvgIpc) is 2.71. The maximum Gasteiger partial charge on any atom is 0.387 e. The fraction of sp³-hybridized carbons (Fsp3) is 0.0909. The van der Waals surface area contributed by atoms with Crippen molar-refractivity contribution in [3.8, 4) is 11.5 Å². The van der Waals surface area contributed by atoms with Gasteiger partial charge in [0.2, 0.25) is 0 Å². The molecule has 29 heavy (non-hydrogen) atoms. The van der Waals surface area contributed by atoms with Gasteiger partial charge in [-0.25, -0.2) is 0 Å². The van der Waals surface area contributed by atoms with Crippen LogP contribution in [0, 0.1) is 0 Å². The van der Waals surface area contributed by atoms with E-state index in [1.54, 1.807) is 18.2 Å². The summed E-state index contributed by atoms with van der Waals surface area (Å²) in [5.74, 6) is -1.48. The molecular formula is C22H15F2O5-. The molecule has 0 unspecified atom stereocenters. The van der Waals surface area contributed by atoms with Crippen LogP contribution in [-0.2, 0) is 4.79 Å². The summed E-state index contributed by atoms with van der Waals surface area (Å²) in [5.41, 5.74) is 0.685. The van der Waals surface area contributed by atoms with Gasteiger partial charge in [0.25, 0.3) is 0 Å². The highest BCUT2D eigenvalue weighted by molar-refractivity contribution is 6.08. The van der Waals surface area contributed by atoms with Crippen LogP contribution >= 0.6 is 0 Å². The van der Waals surface area contributed by atoms with E-state index >= 15 is 0 Å². The third-order valence-corrected chi connectivity index (χ3v) is 4.04. The predicted molar refractivity (Wildman–Crippen MR) is 101 cm³/mol. The summed E-state index contributed by atoms with van der Waals surface area (Å²) in [5, 5.41) is 11.9. The second-order valence-corrected chi connectivity index (χ2v) is 5.96. The monoisotopic (exact) mass is 397 g/mol. The van der Waals surface area contributed by atoms with E-state index in [-0.39, 0.29) is 17.3 Å². The van der Waals surface area contributed by atoms with Gasteiger partial charge >= 0.3 is 6.61 Å². The number of halogens is 2. The van der Waals surface area contributed by atoms with E-state index in [4.69, 9.17) is 4.74 Å². The Balaban J connectivity index is 1.85. The van der Waals surface area contributed by atoms with Gasteiger partial charge in [0, 0.05) is 11.1 Å². The van der Waals surface area contributed by atoms with Crippen LogP contribution in [0.2, 0.25) is 0 Å². The van der Waals surface area contributed by atoms with E-state index in [0.29, 0.717) is 16.5 Å². The normalized spacial score (nSPS) is 11.1. The number of carboxylic acids is 1. The molecular weight excluding hydrogens is 382 g/mol. The predicted octanol–water partition coefficient (Wildman–Crippen LogP) is 3.47. The van der Waals surface area contributed by atoms with Crippen LogP contribution < -0.4 is 14.6 Å². The molecule has 0 aromatic heterocycles. The lowest BCUT2D eigenvalue weighted by Gasteiger charge is -2.11. The molecule has 0 heterocycles. The number of hydrogen-bond donors (Lipinski definition) is 0. The number of carbonyl (C=O) groups is 2. The van der Waals surface area contributed by atoms with Gasteiger partial charge in [0.15, 0.2) is 5.78 Å². The van der Waals surface area contributed by atoms with E-state index in [1.165, 1.54) is 42.5 Å². The molecule has 7 heteroatoms. The SMILES string of the molecule is O=C([O-])COc1ccc(C(=O)/C=C/c2c(OC(F)F)ccc3ccccc23)cc1. The number of aliphatic carboxylic acids is 1. The fourth-order valence-electron chi connectivity index (χ4n) is 2.76. The molecule has 0 aliphatic carbocycles. The largest absolute Gasteiger partial charge is 0.546 e. The summed E-state index contributed by atoms with van der Waals surface area (Å²) in [4.78, 5) is 22.8. The number of carbonyl (C=O) groups excluding carboxylic acids is 2. The minimum Gasteiger partial charge on any atom is -0.546 e. The molecule has 5 nitrogen and oxygen atoms in total. The summed E-state index contributed by atoms with van der Waals surface area (Å²) < 4.78 is 35.0. The van der Waals surface area contributed by atoms with Crippen LogP contribution in [0.15, 0.2) is 66.7 Å². The first-order valence-electron chi connectivity index (χ1n) is 8.56. The molecule has 3 aromatic carbocycles. The molecule has 0 amide bonds. The van der Waals surface area contributed by atoms with E-state index in [2.05, 4.69) is 4.74 Å². The van der Waals surface area contributed by atoms with Crippen LogP contribution in [-0.4, -0.2) is 25.0 Å². The Morgan fingerprint density at radius 3 is 2.41 bits per heavy atom. The fourth-order valence-corrected chi connectivity index (χ4v) is 2.76. The second-order valence-electron chi connectivity index (χ2n) is 5.96. The van der Waals surface area contributed by atoms with E-state index < -0.39 is 19.2 Å². The minimum absolute atomic E-state index is 0.0335. The van der Waals surface area contributed by atoms with Crippen molar-refractivity contribution in [2.75, 3.05) is 6.61 Å². The first-order chi connectivity index (χ1) is 13.9. The molecule has 3 aromatic rings. The van der Waals surface area contributed by atoms with Crippen LogP contribution in [0.3, 0.4) is 0 Å². The van der Waals surface area contributed by atoms with Crippen LogP contribution in [0.4, 0.5) is 8.78 Å². The Labute approximate surface area is 164 Å². The highest BCUT2D eigenvalue weighted by Gasteiger charge is 2.12. The van der Waals surface area contributed by atoms with Crippen molar-refractivity contribution in [3.05, 3.63) is 77.9 Å². The van der Waals surface area contributed by atoms with Crippen molar-refractivity contribution in [1.29, 1.82) is 0 Å². The molecule has 0 atom stereocenters.